The zero-order valence-electron chi connectivity index (χ0n) is 16.0. The number of hydrogen-bond donors (Lipinski definition) is 4. The highest BCUT2D eigenvalue weighted by Gasteiger charge is 2.49. The van der Waals surface area contributed by atoms with Crippen LogP contribution in [0.25, 0.3) is 0 Å². The summed E-state index contributed by atoms with van der Waals surface area (Å²) in [5, 5.41) is 22.0. The van der Waals surface area contributed by atoms with E-state index >= 15 is 0 Å². The second-order valence-corrected chi connectivity index (χ2v) is 6.67. The van der Waals surface area contributed by atoms with Crippen LogP contribution in [0.2, 0.25) is 0 Å². The standard InChI is InChI=1S/C20H18N4O7/c21-19(22)23-13-5-1-12(2-6-13)17(27)30-14-7-3-11(4-8-14)15-9-20(18(28)29,31-24-15)10-16(25)26/h1-8H,9-10H2,(H,25,26)(H,28,29)(H4,21,22,23). The van der Waals surface area contributed by atoms with E-state index in [0.717, 1.165) is 0 Å². The molecule has 1 atom stereocenters. The lowest BCUT2D eigenvalue weighted by Crippen LogP contribution is -2.41. The number of aliphatic imine (C=N–C) groups is 1. The molecule has 11 nitrogen and oxygen atoms in total. The molecule has 1 unspecified atom stereocenters. The van der Waals surface area contributed by atoms with Crippen molar-refractivity contribution < 1.29 is 34.2 Å². The third-order valence-corrected chi connectivity index (χ3v) is 4.37. The van der Waals surface area contributed by atoms with E-state index in [9.17, 15) is 19.5 Å². The van der Waals surface area contributed by atoms with E-state index in [4.69, 9.17) is 26.1 Å². The van der Waals surface area contributed by atoms with Gasteiger partial charge in [0.2, 0.25) is 5.60 Å². The molecule has 1 aliphatic heterocycles. The van der Waals surface area contributed by atoms with Crippen molar-refractivity contribution in [1.29, 1.82) is 0 Å². The maximum absolute atomic E-state index is 12.3. The smallest absolute Gasteiger partial charge is 0.351 e. The molecule has 3 rings (SSSR count). The highest BCUT2D eigenvalue weighted by molar-refractivity contribution is 6.05. The molecule has 1 aliphatic rings. The summed E-state index contributed by atoms with van der Waals surface area (Å²) in [6.07, 6.45) is -0.942. The molecule has 0 bridgehead atoms. The average molecular weight is 426 g/mol. The summed E-state index contributed by atoms with van der Waals surface area (Å²) in [6, 6.07) is 12.3. The number of benzene rings is 2. The van der Waals surface area contributed by atoms with E-state index in [2.05, 4.69) is 10.1 Å². The Labute approximate surface area is 175 Å². The fourth-order valence-corrected chi connectivity index (χ4v) is 2.86. The molecule has 160 valence electrons. The van der Waals surface area contributed by atoms with Gasteiger partial charge >= 0.3 is 17.9 Å². The van der Waals surface area contributed by atoms with Crippen molar-refractivity contribution in [1.82, 2.24) is 0 Å². The number of carbonyl (C=O) groups excluding carboxylic acids is 1. The van der Waals surface area contributed by atoms with E-state index in [1.165, 1.54) is 24.3 Å². The molecule has 11 heteroatoms. The van der Waals surface area contributed by atoms with Crippen LogP contribution < -0.4 is 16.2 Å². The minimum Gasteiger partial charge on any atom is -0.481 e. The molecule has 0 fully saturated rings. The van der Waals surface area contributed by atoms with Crippen molar-refractivity contribution in [3.8, 4) is 5.75 Å². The fourth-order valence-electron chi connectivity index (χ4n) is 2.86. The zero-order valence-corrected chi connectivity index (χ0v) is 16.0. The van der Waals surface area contributed by atoms with Crippen molar-refractivity contribution in [2.45, 2.75) is 18.4 Å². The number of rotatable bonds is 7. The van der Waals surface area contributed by atoms with Gasteiger partial charge < -0.3 is 31.3 Å². The molecule has 2 aromatic rings. The third kappa shape index (κ3) is 4.96. The van der Waals surface area contributed by atoms with Crippen LogP contribution in [-0.4, -0.2) is 45.4 Å². The summed E-state index contributed by atoms with van der Waals surface area (Å²) < 4.78 is 5.30. The van der Waals surface area contributed by atoms with Gasteiger partial charge in [0.25, 0.3) is 0 Å². The van der Waals surface area contributed by atoms with Gasteiger partial charge in [-0.2, -0.15) is 0 Å². The van der Waals surface area contributed by atoms with Crippen molar-refractivity contribution in [3.63, 3.8) is 0 Å². The highest BCUT2D eigenvalue weighted by atomic mass is 16.7. The molecule has 0 saturated carbocycles. The number of carboxylic acid groups (broad SMARTS) is 2. The molecule has 0 spiro atoms. The van der Waals surface area contributed by atoms with Crippen LogP contribution in [0.15, 0.2) is 58.7 Å². The summed E-state index contributed by atoms with van der Waals surface area (Å²) in [6.45, 7) is 0. The first-order chi connectivity index (χ1) is 14.7. The van der Waals surface area contributed by atoms with Gasteiger partial charge in [0.05, 0.1) is 23.4 Å². The zero-order chi connectivity index (χ0) is 22.6. The minimum absolute atomic E-state index is 0.101. The number of carboxylic acids is 2. The predicted octanol–water partition coefficient (Wildman–Crippen LogP) is 1.23. The number of aliphatic carboxylic acids is 2. The Morgan fingerprint density at radius 2 is 1.71 bits per heavy atom. The number of nitrogens with zero attached hydrogens (tertiary/aromatic N) is 2. The molecule has 0 saturated heterocycles. The van der Waals surface area contributed by atoms with Gasteiger partial charge in [0.1, 0.15) is 5.75 Å². The Kier molecular flexibility index (Phi) is 5.86. The quantitative estimate of drug-likeness (QED) is 0.218. The number of oxime groups is 1. The minimum atomic E-state index is -1.95. The molecule has 31 heavy (non-hydrogen) atoms. The van der Waals surface area contributed by atoms with Gasteiger partial charge in [0, 0.05) is 6.42 Å². The van der Waals surface area contributed by atoms with Crippen LogP contribution in [0, 0.1) is 0 Å². The lowest BCUT2D eigenvalue weighted by molar-refractivity contribution is -0.169. The monoisotopic (exact) mass is 426 g/mol. The maximum atomic E-state index is 12.3. The average Bonchev–Trinajstić information content (AvgIpc) is 3.13. The highest BCUT2D eigenvalue weighted by Crippen LogP contribution is 2.31. The summed E-state index contributed by atoms with van der Waals surface area (Å²) in [5.41, 5.74) is 10.2. The first kappa shape index (κ1) is 21.3. The second kappa shape index (κ2) is 8.53. The van der Waals surface area contributed by atoms with Crippen LogP contribution in [0.5, 0.6) is 5.75 Å². The van der Waals surface area contributed by atoms with Crippen molar-refractivity contribution in [2.75, 3.05) is 0 Å². The molecule has 0 aromatic heterocycles. The van der Waals surface area contributed by atoms with Crippen LogP contribution in [0.4, 0.5) is 5.69 Å². The Balaban J connectivity index is 1.67. The Hall–Kier alpha value is -4.41. The fraction of sp³-hybridized carbons (Fsp3) is 0.150. The summed E-state index contributed by atoms with van der Waals surface area (Å²) >= 11 is 0. The first-order valence-electron chi connectivity index (χ1n) is 8.91. The van der Waals surface area contributed by atoms with Gasteiger partial charge in [-0.05, 0) is 54.1 Å². The lowest BCUT2D eigenvalue weighted by Gasteiger charge is -2.18. The molecule has 2 aromatic carbocycles. The van der Waals surface area contributed by atoms with E-state index in [0.29, 0.717) is 11.3 Å². The lowest BCUT2D eigenvalue weighted by atomic mass is 9.91. The third-order valence-electron chi connectivity index (χ3n) is 4.37. The Morgan fingerprint density at radius 1 is 1.06 bits per heavy atom. The van der Waals surface area contributed by atoms with Crippen LogP contribution in [-0.2, 0) is 14.4 Å². The molecular weight excluding hydrogens is 408 g/mol. The molecule has 0 radical (unpaired) electrons. The molecule has 0 aliphatic carbocycles. The van der Waals surface area contributed by atoms with E-state index < -0.39 is 29.9 Å². The number of esters is 1. The van der Waals surface area contributed by atoms with Crippen molar-refractivity contribution >= 4 is 35.3 Å². The van der Waals surface area contributed by atoms with Gasteiger partial charge in [-0.15, -0.1) is 0 Å². The number of ether oxygens (including phenoxy) is 1. The maximum Gasteiger partial charge on any atom is 0.351 e. The number of nitrogens with two attached hydrogens (primary N) is 2. The molecule has 1 heterocycles. The molecular formula is C20H18N4O7. The van der Waals surface area contributed by atoms with Crippen LogP contribution >= 0.6 is 0 Å². The Morgan fingerprint density at radius 3 is 2.26 bits per heavy atom. The van der Waals surface area contributed by atoms with Gasteiger partial charge in [0.15, 0.2) is 5.96 Å². The van der Waals surface area contributed by atoms with Crippen LogP contribution in [0.1, 0.15) is 28.8 Å². The van der Waals surface area contributed by atoms with Gasteiger partial charge in [-0.3, -0.25) is 4.79 Å². The van der Waals surface area contributed by atoms with E-state index in [-0.39, 0.29) is 29.4 Å². The predicted molar refractivity (Wildman–Crippen MR) is 108 cm³/mol. The van der Waals surface area contributed by atoms with Crippen molar-refractivity contribution in [2.24, 2.45) is 21.6 Å². The number of guanidine groups is 1. The topological polar surface area (TPSA) is 187 Å². The van der Waals surface area contributed by atoms with E-state index in [1.54, 1.807) is 24.3 Å². The summed E-state index contributed by atoms with van der Waals surface area (Å²) in [5.74, 6) is -3.18. The van der Waals surface area contributed by atoms with Gasteiger partial charge in [-0.1, -0.05) is 5.16 Å². The Bertz CT molecular complexity index is 1070. The van der Waals surface area contributed by atoms with Crippen LogP contribution in [0.3, 0.4) is 0 Å². The number of hydrogen-bond acceptors (Lipinski definition) is 7. The first-order valence-corrected chi connectivity index (χ1v) is 8.91. The SMILES string of the molecule is NC(N)=Nc1ccc(C(=O)Oc2ccc(C3=NOC(CC(=O)O)(C(=O)O)C3)cc2)cc1. The van der Waals surface area contributed by atoms with Crippen molar-refractivity contribution in [3.05, 3.63) is 59.7 Å². The number of carbonyl (C=O) groups is 3. The van der Waals surface area contributed by atoms with E-state index in [1.807, 2.05) is 0 Å². The summed E-state index contributed by atoms with van der Waals surface area (Å²) in [7, 11) is 0. The summed E-state index contributed by atoms with van der Waals surface area (Å²) in [4.78, 5) is 43.6. The van der Waals surface area contributed by atoms with Gasteiger partial charge in [-0.25, -0.2) is 14.6 Å². The normalized spacial score (nSPS) is 17.2. The second-order valence-electron chi connectivity index (χ2n) is 6.67. The largest absolute Gasteiger partial charge is 0.481 e. The molecule has 0 amide bonds. The molecule has 6 N–H and O–H groups in total.